The maximum atomic E-state index is 12.3. The molecule has 3 aromatic rings. The highest BCUT2D eigenvalue weighted by Gasteiger charge is 2.12. The molecule has 0 unspecified atom stereocenters. The van der Waals surface area contributed by atoms with Gasteiger partial charge >= 0.3 is 0 Å². The van der Waals surface area contributed by atoms with Crippen LogP contribution in [0.5, 0.6) is 0 Å². The molecule has 0 aliphatic heterocycles. The standard InChI is InChI=1S/C15H16N4O/c1-10(2)8-19-9-16-14-12(19)15(20)18-13(17-14)11-6-4-3-5-7-11/h3-7,9-10H,8H2,1-2H3,(H,17,18,20). The predicted molar refractivity (Wildman–Crippen MR) is 78.4 cm³/mol. The molecule has 0 amide bonds. The smallest absolute Gasteiger partial charge is 0.277 e. The van der Waals surface area contributed by atoms with Crippen molar-refractivity contribution in [1.29, 1.82) is 0 Å². The summed E-state index contributed by atoms with van der Waals surface area (Å²) < 4.78 is 1.86. The van der Waals surface area contributed by atoms with Crippen LogP contribution in [0.25, 0.3) is 22.6 Å². The van der Waals surface area contributed by atoms with E-state index in [1.54, 1.807) is 6.33 Å². The van der Waals surface area contributed by atoms with Crippen LogP contribution < -0.4 is 5.56 Å². The molecule has 5 nitrogen and oxygen atoms in total. The summed E-state index contributed by atoms with van der Waals surface area (Å²) in [6.45, 7) is 4.96. The maximum Gasteiger partial charge on any atom is 0.277 e. The van der Waals surface area contributed by atoms with Gasteiger partial charge in [0.1, 0.15) is 5.82 Å². The lowest BCUT2D eigenvalue weighted by Gasteiger charge is -2.06. The SMILES string of the molecule is CC(C)Cn1cnc2nc(-c3ccccc3)[nH]c(=O)c21. The van der Waals surface area contributed by atoms with Crippen LogP contribution in [0.3, 0.4) is 0 Å². The van der Waals surface area contributed by atoms with Gasteiger partial charge in [0, 0.05) is 12.1 Å². The van der Waals surface area contributed by atoms with Gasteiger partial charge in [0.2, 0.25) is 0 Å². The number of fused-ring (bicyclic) bond motifs is 1. The molecule has 3 rings (SSSR count). The minimum absolute atomic E-state index is 0.146. The molecule has 0 fully saturated rings. The summed E-state index contributed by atoms with van der Waals surface area (Å²) >= 11 is 0. The fourth-order valence-corrected chi connectivity index (χ4v) is 2.25. The van der Waals surface area contributed by atoms with Crippen molar-refractivity contribution in [2.24, 2.45) is 5.92 Å². The molecule has 1 aromatic carbocycles. The minimum Gasteiger partial charge on any atom is -0.324 e. The third kappa shape index (κ3) is 2.22. The molecule has 0 aliphatic carbocycles. The Morgan fingerprint density at radius 3 is 2.70 bits per heavy atom. The molecule has 0 atom stereocenters. The molecule has 0 aliphatic rings. The zero-order valence-electron chi connectivity index (χ0n) is 11.5. The fraction of sp³-hybridized carbons (Fsp3) is 0.267. The summed E-state index contributed by atoms with van der Waals surface area (Å²) in [6.07, 6.45) is 1.68. The number of aromatic nitrogens is 4. The number of H-pyrrole nitrogens is 1. The summed E-state index contributed by atoms with van der Waals surface area (Å²) in [5.74, 6) is 0.999. The number of hydrogen-bond acceptors (Lipinski definition) is 3. The Hall–Kier alpha value is -2.43. The third-order valence-electron chi connectivity index (χ3n) is 3.09. The lowest BCUT2D eigenvalue weighted by Crippen LogP contribution is -2.14. The Bertz CT molecular complexity index is 786. The normalized spacial score (nSPS) is 11.3. The van der Waals surface area contributed by atoms with Gasteiger partial charge < -0.3 is 9.55 Å². The fourth-order valence-electron chi connectivity index (χ4n) is 2.25. The van der Waals surface area contributed by atoms with Gasteiger partial charge in [0.25, 0.3) is 5.56 Å². The Balaban J connectivity index is 2.15. The van der Waals surface area contributed by atoms with E-state index >= 15 is 0 Å². The number of hydrogen-bond donors (Lipinski definition) is 1. The van der Waals surface area contributed by atoms with E-state index < -0.39 is 0 Å². The van der Waals surface area contributed by atoms with Crippen LogP contribution in [-0.4, -0.2) is 19.5 Å². The van der Waals surface area contributed by atoms with Crippen LogP contribution in [0.15, 0.2) is 41.5 Å². The van der Waals surface area contributed by atoms with Crippen molar-refractivity contribution in [2.75, 3.05) is 0 Å². The lowest BCUT2D eigenvalue weighted by atomic mass is 10.2. The van der Waals surface area contributed by atoms with Crippen LogP contribution in [0.1, 0.15) is 13.8 Å². The predicted octanol–water partition coefficient (Wildman–Crippen LogP) is 2.44. The van der Waals surface area contributed by atoms with E-state index in [4.69, 9.17) is 0 Å². The van der Waals surface area contributed by atoms with Crippen molar-refractivity contribution in [3.05, 3.63) is 47.0 Å². The summed E-state index contributed by atoms with van der Waals surface area (Å²) in [5.41, 5.74) is 1.77. The highest BCUT2D eigenvalue weighted by atomic mass is 16.1. The topological polar surface area (TPSA) is 63.6 Å². The minimum atomic E-state index is -0.146. The summed E-state index contributed by atoms with van der Waals surface area (Å²) in [4.78, 5) is 23.8. The van der Waals surface area contributed by atoms with E-state index in [1.807, 2.05) is 34.9 Å². The monoisotopic (exact) mass is 268 g/mol. The molecule has 5 heteroatoms. The first kappa shape index (κ1) is 12.6. The van der Waals surface area contributed by atoms with Gasteiger partial charge in [-0.05, 0) is 5.92 Å². The number of nitrogens with zero attached hydrogens (tertiary/aromatic N) is 3. The first-order chi connectivity index (χ1) is 9.65. The Morgan fingerprint density at radius 1 is 1.25 bits per heavy atom. The second-order valence-corrected chi connectivity index (χ2v) is 5.24. The van der Waals surface area contributed by atoms with E-state index in [-0.39, 0.29) is 5.56 Å². The first-order valence-corrected chi connectivity index (χ1v) is 6.65. The summed E-state index contributed by atoms with van der Waals surface area (Å²) in [6, 6.07) is 9.58. The van der Waals surface area contributed by atoms with Crippen molar-refractivity contribution < 1.29 is 0 Å². The molecule has 1 N–H and O–H groups in total. The van der Waals surface area contributed by atoms with E-state index in [9.17, 15) is 4.79 Å². The van der Waals surface area contributed by atoms with Gasteiger partial charge in [-0.2, -0.15) is 0 Å². The number of aromatic amines is 1. The van der Waals surface area contributed by atoms with Crippen LogP contribution in [0, 0.1) is 5.92 Å². The van der Waals surface area contributed by atoms with Gasteiger partial charge in [0.15, 0.2) is 11.2 Å². The van der Waals surface area contributed by atoms with E-state index in [0.29, 0.717) is 22.9 Å². The largest absolute Gasteiger partial charge is 0.324 e. The second-order valence-electron chi connectivity index (χ2n) is 5.24. The van der Waals surface area contributed by atoms with Gasteiger partial charge in [-0.1, -0.05) is 44.2 Å². The number of imidazole rings is 1. The molecule has 0 spiro atoms. The van der Waals surface area contributed by atoms with E-state index in [0.717, 1.165) is 12.1 Å². The second kappa shape index (κ2) is 4.92. The Labute approximate surface area is 116 Å². The maximum absolute atomic E-state index is 12.3. The molecule has 2 aromatic heterocycles. The molecule has 0 saturated carbocycles. The lowest BCUT2D eigenvalue weighted by molar-refractivity contribution is 0.532. The Morgan fingerprint density at radius 2 is 2.00 bits per heavy atom. The third-order valence-corrected chi connectivity index (χ3v) is 3.09. The highest BCUT2D eigenvalue weighted by Crippen LogP contribution is 2.15. The molecule has 2 heterocycles. The zero-order valence-corrected chi connectivity index (χ0v) is 11.5. The van der Waals surface area contributed by atoms with Crippen molar-refractivity contribution >= 4 is 11.2 Å². The molecule has 0 bridgehead atoms. The highest BCUT2D eigenvalue weighted by molar-refractivity contribution is 5.72. The number of nitrogens with one attached hydrogen (secondary N) is 1. The molecular weight excluding hydrogens is 252 g/mol. The Kier molecular flexibility index (Phi) is 3.10. The molecule has 0 saturated heterocycles. The summed E-state index contributed by atoms with van der Waals surface area (Å²) in [7, 11) is 0. The van der Waals surface area contributed by atoms with E-state index in [2.05, 4.69) is 28.8 Å². The molecule has 0 radical (unpaired) electrons. The molecular formula is C15H16N4O. The molecule has 102 valence electrons. The summed E-state index contributed by atoms with van der Waals surface area (Å²) in [5, 5.41) is 0. The van der Waals surface area contributed by atoms with E-state index in [1.165, 1.54) is 0 Å². The molecule has 20 heavy (non-hydrogen) atoms. The zero-order chi connectivity index (χ0) is 14.1. The van der Waals surface area contributed by atoms with Crippen molar-refractivity contribution in [2.45, 2.75) is 20.4 Å². The van der Waals surface area contributed by atoms with Crippen molar-refractivity contribution in [3.63, 3.8) is 0 Å². The van der Waals surface area contributed by atoms with Crippen LogP contribution in [0.4, 0.5) is 0 Å². The average molecular weight is 268 g/mol. The van der Waals surface area contributed by atoms with Crippen LogP contribution in [-0.2, 0) is 6.54 Å². The van der Waals surface area contributed by atoms with Gasteiger partial charge in [-0.25, -0.2) is 9.97 Å². The van der Waals surface area contributed by atoms with Gasteiger partial charge in [-0.15, -0.1) is 0 Å². The first-order valence-electron chi connectivity index (χ1n) is 6.65. The number of rotatable bonds is 3. The van der Waals surface area contributed by atoms with Gasteiger partial charge in [-0.3, -0.25) is 4.79 Å². The number of benzene rings is 1. The van der Waals surface area contributed by atoms with Crippen molar-refractivity contribution in [1.82, 2.24) is 19.5 Å². The van der Waals surface area contributed by atoms with Crippen molar-refractivity contribution in [3.8, 4) is 11.4 Å². The van der Waals surface area contributed by atoms with Gasteiger partial charge in [0.05, 0.1) is 6.33 Å². The average Bonchev–Trinajstić information content (AvgIpc) is 2.82. The van der Waals surface area contributed by atoms with Crippen LogP contribution in [0.2, 0.25) is 0 Å². The quantitative estimate of drug-likeness (QED) is 0.793. The van der Waals surface area contributed by atoms with Crippen LogP contribution >= 0.6 is 0 Å².